The van der Waals surface area contributed by atoms with Gasteiger partial charge in [0.1, 0.15) is 0 Å². The fraction of sp³-hybridized carbons (Fsp3) is 0.636. The van der Waals surface area contributed by atoms with Crippen LogP contribution in [0.3, 0.4) is 0 Å². The summed E-state index contributed by atoms with van der Waals surface area (Å²) in [7, 11) is 0. The highest BCUT2D eigenvalue weighted by Gasteiger charge is 2.17. The number of anilines is 1. The van der Waals surface area contributed by atoms with Crippen LogP contribution >= 0.6 is 0 Å². The monoisotopic (exact) mass is 224 g/mol. The van der Waals surface area contributed by atoms with Crippen molar-refractivity contribution in [2.24, 2.45) is 0 Å². The van der Waals surface area contributed by atoms with Crippen molar-refractivity contribution in [2.45, 2.75) is 33.1 Å². The van der Waals surface area contributed by atoms with E-state index in [1.807, 2.05) is 13.0 Å². The smallest absolute Gasteiger partial charge is 0.239 e. The van der Waals surface area contributed by atoms with E-state index in [0.717, 1.165) is 12.2 Å². The highest BCUT2D eigenvalue weighted by molar-refractivity contribution is 5.91. The van der Waals surface area contributed by atoms with Crippen LogP contribution < -0.4 is 10.6 Å². The van der Waals surface area contributed by atoms with Crippen molar-refractivity contribution in [2.75, 3.05) is 18.4 Å². The van der Waals surface area contributed by atoms with E-state index in [2.05, 4.69) is 41.6 Å². The molecule has 0 spiro atoms. The molecular formula is C11H20N4O. The van der Waals surface area contributed by atoms with Crippen molar-refractivity contribution < 1.29 is 4.79 Å². The van der Waals surface area contributed by atoms with Crippen molar-refractivity contribution in [1.29, 1.82) is 0 Å². The lowest BCUT2D eigenvalue weighted by molar-refractivity contribution is -0.115. The predicted octanol–water partition coefficient (Wildman–Crippen LogP) is 1.26. The van der Waals surface area contributed by atoms with Gasteiger partial charge in [-0.2, -0.15) is 5.10 Å². The quantitative estimate of drug-likeness (QED) is 0.721. The largest absolute Gasteiger partial charge is 0.309 e. The lowest BCUT2D eigenvalue weighted by Crippen LogP contribution is -2.27. The number of carbonyl (C=O) groups is 1. The van der Waals surface area contributed by atoms with Gasteiger partial charge >= 0.3 is 0 Å². The van der Waals surface area contributed by atoms with E-state index in [4.69, 9.17) is 0 Å². The number of hydrogen-bond donors (Lipinski definition) is 3. The van der Waals surface area contributed by atoms with Crippen LogP contribution in [0.2, 0.25) is 0 Å². The van der Waals surface area contributed by atoms with E-state index in [1.165, 1.54) is 0 Å². The first kappa shape index (κ1) is 12.7. The number of rotatable bonds is 4. The molecule has 0 saturated carbocycles. The molecule has 0 atom stereocenters. The highest BCUT2D eigenvalue weighted by Crippen LogP contribution is 2.21. The summed E-state index contributed by atoms with van der Waals surface area (Å²) in [6, 6.07) is 1.86. The predicted molar refractivity (Wildman–Crippen MR) is 64.5 cm³/mol. The molecule has 0 bridgehead atoms. The van der Waals surface area contributed by atoms with Gasteiger partial charge in [-0.1, -0.05) is 27.7 Å². The van der Waals surface area contributed by atoms with Crippen molar-refractivity contribution in [3.8, 4) is 0 Å². The fourth-order valence-electron chi connectivity index (χ4n) is 1.20. The van der Waals surface area contributed by atoms with Gasteiger partial charge < -0.3 is 10.6 Å². The number of H-pyrrole nitrogens is 1. The first-order valence-corrected chi connectivity index (χ1v) is 5.50. The molecule has 3 N–H and O–H groups in total. The molecule has 16 heavy (non-hydrogen) atoms. The number of carbonyl (C=O) groups excluding carboxylic acids is 1. The molecule has 0 radical (unpaired) electrons. The normalized spacial score (nSPS) is 11.5. The summed E-state index contributed by atoms with van der Waals surface area (Å²) in [5, 5.41) is 12.6. The lowest BCUT2D eigenvalue weighted by atomic mass is 9.92. The van der Waals surface area contributed by atoms with Crippen LogP contribution in [0.4, 0.5) is 5.82 Å². The maximum Gasteiger partial charge on any atom is 0.239 e. The zero-order chi connectivity index (χ0) is 12.2. The van der Waals surface area contributed by atoms with Gasteiger partial charge in [0.2, 0.25) is 5.91 Å². The summed E-state index contributed by atoms with van der Waals surface area (Å²) in [4.78, 5) is 11.4. The second kappa shape index (κ2) is 5.12. The zero-order valence-corrected chi connectivity index (χ0v) is 10.3. The number of likely N-dealkylation sites (N-methyl/N-ethyl adjacent to an activating group) is 1. The molecule has 0 fully saturated rings. The number of hydrogen-bond acceptors (Lipinski definition) is 3. The van der Waals surface area contributed by atoms with Crippen LogP contribution in [-0.4, -0.2) is 29.2 Å². The number of amides is 1. The first-order valence-electron chi connectivity index (χ1n) is 5.50. The molecule has 0 saturated heterocycles. The third kappa shape index (κ3) is 3.66. The number of aromatic amines is 1. The zero-order valence-electron chi connectivity index (χ0n) is 10.3. The molecule has 1 aromatic heterocycles. The molecule has 1 rings (SSSR count). The number of nitrogens with zero attached hydrogens (tertiary/aromatic N) is 1. The summed E-state index contributed by atoms with van der Waals surface area (Å²) in [6.45, 7) is 9.31. The van der Waals surface area contributed by atoms with E-state index in [-0.39, 0.29) is 11.3 Å². The van der Waals surface area contributed by atoms with Gasteiger partial charge in [-0.15, -0.1) is 0 Å². The molecule has 0 unspecified atom stereocenters. The summed E-state index contributed by atoms with van der Waals surface area (Å²) in [5.74, 6) is 0.502. The van der Waals surface area contributed by atoms with Gasteiger partial charge in [0.15, 0.2) is 5.82 Å². The Labute approximate surface area is 96.0 Å². The standard InChI is InChI=1S/C11H20N4O/c1-5-12-7-10(16)13-9-6-8(14-15-9)11(2,3)4/h6,12H,5,7H2,1-4H3,(H2,13,14,15,16). The number of nitrogens with one attached hydrogen (secondary N) is 3. The summed E-state index contributed by atoms with van der Waals surface area (Å²) in [6.07, 6.45) is 0. The van der Waals surface area contributed by atoms with E-state index in [0.29, 0.717) is 12.4 Å². The van der Waals surface area contributed by atoms with Crippen molar-refractivity contribution >= 4 is 11.7 Å². The van der Waals surface area contributed by atoms with Gasteiger partial charge in [-0.3, -0.25) is 9.89 Å². The fourth-order valence-corrected chi connectivity index (χ4v) is 1.20. The minimum absolute atomic E-state index is 0.0116. The summed E-state index contributed by atoms with van der Waals surface area (Å²) < 4.78 is 0. The maximum absolute atomic E-state index is 11.4. The second-order valence-corrected chi connectivity index (χ2v) is 4.75. The van der Waals surface area contributed by atoms with Crippen LogP contribution in [0.5, 0.6) is 0 Å². The Morgan fingerprint density at radius 1 is 1.50 bits per heavy atom. The Hall–Kier alpha value is -1.36. The molecule has 0 aromatic carbocycles. The third-order valence-electron chi connectivity index (χ3n) is 2.19. The summed E-state index contributed by atoms with van der Waals surface area (Å²) >= 11 is 0. The van der Waals surface area contributed by atoms with Gasteiger partial charge in [-0.25, -0.2) is 0 Å². The minimum atomic E-state index is -0.0752. The first-order chi connectivity index (χ1) is 7.43. The van der Waals surface area contributed by atoms with Gasteiger partial charge in [0, 0.05) is 17.2 Å². The maximum atomic E-state index is 11.4. The van der Waals surface area contributed by atoms with Crippen LogP contribution in [0.1, 0.15) is 33.4 Å². The molecule has 1 amide bonds. The Morgan fingerprint density at radius 2 is 2.19 bits per heavy atom. The Morgan fingerprint density at radius 3 is 2.69 bits per heavy atom. The number of aromatic nitrogens is 2. The van der Waals surface area contributed by atoms with E-state index >= 15 is 0 Å². The van der Waals surface area contributed by atoms with Crippen molar-refractivity contribution in [1.82, 2.24) is 15.5 Å². The van der Waals surface area contributed by atoms with Crippen LogP contribution in [0.25, 0.3) is 0 Å². The Bertz CT molecular complexity index is 351. The van der Waals surface area contributed by atoms with Crippen LogP contribution in [0, 0.1) is 0 Å². The molecule has 0 aliphatic heterocycles. The van der Waals surface area contributed by atoms with Crippen LogP contribution in [-0.2, 0) is 10.2 Å². The average molecular weight is 224 g/mol. The highest BCUT2D eigenvalue weighted by atomic mass is 16.2. The molecule has 5 heteroatoms. The molecule has 1 heterocycles. The average Bonchev–Trinajstić information content (AvgIpc) is 2.62. The molecule has 1 aromatic rings. The lowest BCUT2D eigenvalue weighted by Gasteiger charge is -2.14. The van der Waals surface area contributed by atoms with Gasteiger partial charge in [0.25, 0.3) is 0 Å². The summed E-state index contributed by atoms with van der Waals surface area (Å²) in [5.41, 5.74) is 1.02. The Kier molecular flexibility index (Phi) is 4.06. The molecule has 5 nitrogen and oxygen atoms in total. The second-order valence-electron chi connectivity index (χ2n) is 4.75. The van der Waals surface area contributed by atoms with Crippen LogP contribution in [0.15, 0.2) is 6.07 Å². The Balaban J connectivity index is 2.56. The topological polar surface area (TPSA) is 69.8 Å². The molecule has 0 aliphatic rings. The minimum Gasteiger partial charge on any atom is -0.309 e. The van der Waals surface area contributed by atoms with Gasteiger partial charge in [-0.05, 0) is 6.54 Å². The van der Waals surface area contributed by atoms with E-state index in [1.54, 1.807) is 0 Å². The molecular weight excluding hydrogens is 204 g/mol. The third-order valence-corrected chi connectivity index (χ3v) is 2.19. The van der Waals surface area contributed by atoms with E-state index < -0.39 is 0 Å². The van der Waals surface area contributed by atoms with Crippen molar-refractivity contribution in [3.63, 3.8) is 0 Å². The van der Waals surface area contributed by atoms with Crippen molar-refractivity contribution in [3.05, 3.63) is 11.8 Å². The SMILES string of the molecule is CCNCC(=O)Nc1cc(C(C)(C)C)[nH]n1. The van der Waals surface area contributed by atoms with E-state index in [9.17, 15) is 4.79 Å². The van der Waals surface area contributed by atoms with Gasteiger partial charge in [0.05, 0.1) is 6.54 Å². The molecule has 0 aliphatic carbocycles. The molecule has 90 valence electrons.